The molecule has 4 heteroatoms. The van der Waals surface area contributed by atoms with E-state index < -0.39 is 0 Å². The highest BCUT2D eigenvalue weighted by Crippen LogP contribution is 2.44. The molecular formula is C16H23BrN2O. The Morgan fingerprint density at radius 2 is 2.05 bits per heavy atom. The summed E-state index contributed by atoms with van der Waals surface area (Å²) in [5, 5.41) is 3.46. The van der Waals surface area contributed by atoms with E-state index >= 15 is 0 Å². The molecule has 1 saturated heterocycles. The van der Waals surface area contributed by atoms with Crippen molar-refractivity contribution < 1.29 is 4.74 Å². The molecule has 1 aromatic carbocycles. The van der Waals surface area contributed by atoms with Crippen molar-refractivity contribution in [1.82, 2.24) is 10.2 Å². The lowest BCUT2D eigenvalue weighted by Gasteiger charge is -2.43. The van der Waals surface area contributed by atoms with Crippen molar-refractivity contribution >= 4 is 15.9 Å². The van der Waals surface area contributed by atoms with E-state index in [1.54, 1.807) is 7.11 Å². The first kappa shape index (κ1) is 14.4. The quantitative estimate of drug-likeness (QED) is 0.912. The second-order valence-corrected chi connectivity index (χ2v) is 6.66. The average molecular weight is 339 g/mol. The van der Waals surface area contributed by atoms with Crippen LogP contribution < -0.4 is 10.1 Å². The summed E-state index contributed by atoms with van der Waals surface area (Å²) in [4.78, 5) is 2.65. The van der Waals surface area contributed by atoms with E-state index in [1.165, 1.54) is 29.3 Å². The predicted octanol–water partition coefficient (Wildman–Crippen LogP) is 3.20. The van der Waals surface area contributed by atoms with Gasteiger partial charge in [-0.05, 0) is 42.5 Å². The molecule has 110 valence electrons. The van der Waals surface area contributed by atoms with Crippen molar-refractivity contribution in [2.45, 2.75) is 25.3 Å². The Morgan fingerprint density at radius 1 is 1.30 bits per heavy atom. The molecule has 2 fully saturated rings. The Morgan fingerprint density at radius 3 is 2.65 bits per heavy atom. The zero-order valence-electron chi connectivity index (χ0n) is 12.1. The first-order chi connectivity index (χ1) is 9.79. The molecule has 1 aliphatic heterocycles. The maximum absolute atomic E-state index is 5.43. The van der Waals surface area contributed by atoms with Crippen molar-refractivity contribution in [3.8, 4) is 5.75 Å². The van der Waals surface area contributed by atoms with Gasteiger partial charge in [-0.3, -0.25) is 4.90 Å². The van der Waals surface area contributed by atoms with Crippen LogP contribution >= 0.6 is 15.9 Å². The van der Waals surface area contributed by atoms with Crippen molar-refractivity contribution in [3.63, 3.8) is 0 Å². The third kappa shape index (κ3) is 2.87. The first-order valence-electron chi connectivity index (χ1n) is 7.58. The number of nitrogens with one attached hydrogen (secondary N) is 1. The second-order valence-electron chi connectivity index (χ2n) is 5.81. The average Bonchev–Trinajstić information content (AvgIpc) is 2.44. The minimum atomic E-state index is 0.537. The van der Waals surface area contributed by atoms with Crippen LogP contribution in [0.2, 0.25) is 0 Å². The van der Waals surface area contributed by atoms with E-state index in [0.717, 1.165) is 37.8 Å². The number of rotatable bonds is 4. The van der Waals surface area contributed by atoms with Crippen LogP contribution in [-0.2, 0) is 0 Å². The molecule has 0 bridgehead atoms. The van der Waals surface area contributed by atoms with Crippen LogP contribution in [0, 0.1) is 5.92 Å². The molecule has 1 saturated carbocycles. The number of benzene rings is 1. The standard InChI is InChI=1S/C16H23BrN2O/c1-20-13-5-6-15(17)14(11-13)16(12-3-2-4-12)19-9-7-18-8-10-19/h5-6,11-12,16,18H,2-4,7-10H2,1H3/t16-/m1/s1. The Labute approximate surface area is 129 Å². The maximum atomic E-state index is 5.43. The topological polar surface area (TPSA) is 24.5 Å². The molecular weight excluding hydrogens is 316 g/mol. The smallest absolute Gasteiger partial charge is 0.119 e. The number of hydrogen-bond donors (Lipinski definition) is 1. The van der Waals surface area contributed by atoms with Gasteiger partial charge in [0.2, 0.25) is 0 Å². The van der Waals surface area contributed by atoms with Crippen LogP contribution in [0.4, 0.5) is 0 Å². The molecule has 1 heterocycles. The third-order valence-corrected chi connectivity index (χ3v) is 5.39. The fourth-order valence-corrected chi connectivity index (χ4v) is 3.82. The SMILES string of the molecule is COc1ccc(Br)c([C@@H](C2CCC2)N2CCNCC2)c1. The van der Waals surface area contributed by atoms with Gasteiger partial charge in [0.15, 0.2) is 0 Å². The molecule has 3 rings (SSSR count). The highest BCUT2D eigenvalue weighted by molar-refractivity contribution is 9.10. The van der Waals surface area contributed by atoms with Gasteiger partial charge in [-0.15, -0.1) is 0 Å². The largest absolute Gasteiger partial charge is 0.497 e. The Kier molecular flexibility index (Phi) is 4.64. The third-order valence-electron chi connectivity index (χ3n) is 4.66. The zero-order valence-corrected chi connectivity index (χ0v) is 13.7. The molecule has 0 spiro atoms. The molecule has 0 radical (unpaired) electrons. The highest BCUT2D eigenvalue weighted by Gasteiger charge is 2.34. The van der Waals surface area contributed by atoms with Gasteiger partial charge in [0.1, 0.15) is 5.75 Å². The van der Waals surface area contributed by atoms with Crippen LogP contribution in [-0.4, -0.2) is 38.2 Å². The number of ether oxygens (including phenoxy) is 1. The van der Waals surface area contributed by atoms with Gasteiger partial charge in [0.05, 0.1) is 7.11 Å². The van der Waals surface area contributed by atoms with E-state index in [4.69, 9.17) is 4.74 Å². The molecule has 20 heavy (non-hydrogen) atoms. The Bertz CT molecular complexity index is 456. The summed E-state index contributed by atoms with van der Waals surface area (Å²) in [7, 11) is 1.75. The van der Waals surface area contributed by atoms with Gasteiger partial charge >= 0.3 is 0 Å². The van der Waals surface area contributed by atoms with Gasteiger partial charge < -0.3 is 10.1 Å². The van der Waals surface area contributed by atoms with E-state index in [1.807, 2.05) is 6.07 Å². The highest BCUT2D eigenvalue weighted by atomic mass is 79.9. The molecule has 0 unspecified atom stereocenters. The van der Waals surface area contributed by atoms with E-state index in [2.05, 4.69) is 38.3 Å². The van der Waals surface area contributed by atoms with E-state index in [-0.39, 0.29) is 0 Å². The van der Waals surface area contributed by atoms with Crippen LogP contribution in [0.25, 0.3) is 0 Å². The van der Waals surface area contributed by atoms with Gasteiger partial charge in [0, 0.05) is 36.7 Å². The number of nitrogens with zero attached hydrogens (tertiary/aromatic N) is 1. The van der Waals surface area contributed by atoms with Crippen molar-refractivity contribution in [1.29, 1.82) is 0 Å². The fourth-order valence-electron chi connectivity index (χ4n) is 3.34. The van der Waals surface area contributed by atoms with Crippen LogP contribution in [0.15, 0.2) is 22.7 Å². The van der Waals surface area contributed by atoms with E-state index in [0.29, 0.717) is 6.04 Å². The van der Waals surface area contributed by atoms with Gasteiger partial charge in [-0.2, -0.15) is 0 Å². The van der Waals surface area contributed by atoms with Crippen LogP contribution in [0.1, 0.15) is 30.9 Å². The number of hydrogen-bond acceptors (Lipinski definition) is 3. The summed E-state index contributed by atoms with van der Waals surface area (Å²) in [6, 6.07) is 6.91. The summed E-state index contributed by atoms with van der Waals surface area (Å²) in [6.45, 7) is 4.49. The molecule has 1 aromatic rings. The normalized spacial score (nSPS) is 22.3. The van der Waals surface area contributed by atoms with Gasteiger partial charge in [-0.1, -0.05) is 22.4 Å². The van der Waals surface area contributed by atoms with Crippen molar-refractivity contribution in [2.75, 3.05) is 33.3 Å². The molecule has 0 amide bonds. The monoisotopic (exact) mass is 338 g/mol. The fraction of sp³-hybridized carbons (Fsp3) is 0.625. The zero-order chi connectivity index (χ0) is 13.9. The number of methoxy groups -OCH3 is 1. The minimum Gasteiger partial charge on any atom is -0.497 e. The van der Waals surface area contributed by atoms with Crippen LogP contribution in [0.3, 0.4) is 0 Å². The maximum Gasteiger partial charge on any atom is 0.119 e. The second kappa shape index (κ2) is 6.46. The van der Waals surface area contributed by atoms with Crippen LogP contribution in [0.5, 0.6) is 5.75 Å². The summed E-state index contributed by atoms with van der Waals surface area (Å²) >= 11 is 3.75. The molecule has 0 aromatic heterocycles. The summed E-state index contributed by atoms with van der Waals surface area (Å²) in [5.41, 5.74) is 1.40. The Balaban J connectivity index is 1.91. The van der Waals surface area contributed by atoms with Crippen molar-refractivity contribution in [2.24, 2.45) is 5.92 Å². The Hall–Kier alpha value is -0.580. The van der Waals surface area contributed by atoms with Gasteiger partial charge in [-0.25, -0.2) is 0 Å². The minimum absolute atomic E-state index is 0.537. The lowest BCUT2D eigenvalue weighted by atomic mass is 9.76. The molecule has 3 nitrogen and oxygen atoms in total. The first-order valence-corrected chi connectivity index (χ1v) is 8.37. The molecule has 1 N–H and O–H groups in total. The molecule has 1 aliphatic carbocycles. The lowest BCUT2D eigenvalue weighted by Crippen LogP contribution is -2.47. The molecule has 2 aliphatic rings. The summed E-state index contributed by atoms with van der Waals surface area (Å²) in [5.74, 6) is 1.76. The number of halogens is 1. The summed E-state index contributed by atoms with van der Waals surface area (Å²) < 4.78 is 6.64. The summed E-state index contributed by atoms with van der Waals surface area (Å²) in [6.07, 6.45) is 4.10. The van der Waals surface area contributed by atoms with Crippen molar-refractivity contribution in [3.05, 3.63) is 28.2 Å². The predicted molar refractivity (Wildman–Crippen MR) is 85.2 cm³/mol. The number of piperazine rings is 1. The van der Waals surface area contributed by atoms with Gasteiger partial charge in [0.25, 0.3) is 0 Å². The lowest BCUT2D eigenvalue weighted by molar-refractivity contribution is 0.0831. The molecule has 1 atom stereocenters. The van der Waals surface area contributed by atoms with E-state index in [9.17, 15) is 0 Å².